The van der Waals surface area contributed by atoms with E-state index in [2.05, 4.69) is 6.58 Å². The van der Waals surface area contributed by atoms with Crippen LogP contribution in [0.15, 0.2) is 12.7 Å². The minimum atomic E-state index is -0.956. The van der Waals surface area contributed by atoms with Crippen molar-refractivity contribution in [2.24, 2.45) is 5.92 Å². The van der Waals surface area contributed by atoms with Gasteiger partial charge in [-0.3, -0.25) is 14.5 Å². The molecule has 1 aliphatic heterocycles. The Morgan fingerprint density at radius 1 is 1.48 bits per heavy atom. The predicted molar refractivity (Wildman–Crippen MR) is 76.3 cm³/mol. The molecule has 118 valence electrons. The first-order chi connectivity index (χ1) is 9.97. The highest BCUT2D eigenvalue weighted by Gasteiger charge is 2.44. The van der Waals surface area contributed by atoms with Crippen LogP contribution in [0.3, 0.4) is 0 Å². The van der Waals surface area contributed by atoms with E-state index in [1.54, 1.807) is 0 Å². The van der Waals surface area contributed by atoms with Crippen molar-refractivity contribution < 1.29 is 23.9 Å². The zero-order valence-electron chi connectivity index (χ0n) is 12.8. The second-order valence-electron chi connectivity index (χ2n) is 5.04. The average Bonchev–Trinajstić information content (AvgIpc) is 2.88. The lowest BCUT2D eigenvalue weighted by atomic mass is 10.0. The number of methoxy groups -OCH3 is 1. The second kappa shape index (κ2) is 7.93. The number of Topliss-reactive ketones (excluding diaryl/α,β-unsaturated/α-hetero) is 1. The van der Waals surface area contributed by atoms with Crippen LogP contribution in [0.1, 0.15) is 33.1 Å². The molecule has 1 saturated heterocycles. The first-order valence-electron chi connectivity index (χ1n) is 7.12. The van der Waals surface area contributed by atoms with Gasteiger partial charge in [0.25, 0.3) is 0 Å². The number of unbranched alkanes of at least 4 members (excludes halogenated alkanes) is 1. The van der Waals surface area contributed by atoms with Gasteiger partial charge in [0.05, 0.1) is 13.7 Å². The summed E-state index contributed by atoms with van der Waals surface area (Å²) < 4.78 is 10.3. The van der Waals surface area contributed by atoms with Gasteiger partial charge in [0, 0.05) is 0 Å². The normalized spacial score (nSPS) is 22.7. The molecule has 0 radical (unpaired) electrons. The molecule has 1 unspecified atom stereocenters. The summed E-state index contributed by atoms with van der Waals surface area (Å²) >= 11 is 0. The Morgan fingerprint density at radius 3 is 2.62 bits per heavy atom. The highest BCUT2D eigenvalue weighted by atomic mass is 16.5. The molecule has 0 aromatic rings. The van der Waals surface area contributed by atoms with E-state index >= 15 is 0 Å². The second-order valence-corrected chi connectivity index (χ2v) is 5.04. The van der Waals surface area contributed by atoms with Gasteiger partial charge in [-0.1, -0.05) is 19.4 Å². The molecule has 0 bridgehead atoms. The minimum Gasteiger partial charge on any atom is -0.467 e. The van der Waals surface area contributed by atoms with E-state index in [9.17, 15) is 14.4 Å². The van der Waals surface area contributed by atoms with Crippen molar-refractivity contribution in [3.05, 3.63) is 12.7 Å². The molecule has 3 atom stereocenters. The van der Waals surface area contributed by atoms with Crippen LogP contribution in [0.5, 0.6) is 0 Å². The first kappa shape index (κ1) is 17.4. The lowest BCUT2D eigenvalue weighted by Crippen LogP contribution is -2.49. The minimum absolute atomic E-state index is 0.0918. The summed E-state index contributed by atoms with van der Waals surface area (Å²) in [6, 6.07) is -0.800. The molecule has 1 heterocycles. The third-order valence-corrected chi connectivity index (χ3v) is 3.56. The highest BCUT2D eigenvalue weighted by molar-refractivity contribution is 6.03. The number of carbonyl (C=O) groups excluding carboxylic acids is 3. The molecule has 0 aromatic carbocycles. The highest BCUT2D eigenvalue weighted by Crippen LogP contribution is 2.25. The van der Waals surface area contributed by atoms with Crippen molar-refractivity contribution in [3.63, 3.8) is 0 Å². The number of ether oxygens (including phenoxy) is 2. The van der Waals surface area contributed by atoms with Crippen LogP contribution in [0.25, 0.3) is 0 Å². The maximum absolute atomic E-state index is 12.6. The molecule has 0 N–H and O–H groups in total. The van der Waals surface area contributed by atoms with Crippen LogP contribution in [0, 0.1) is 5.92 Å². The summed E-state index contributed by atoms with van der Waals surface area (Å²) in [4.78, 5) is 37.3. The zero-order valence-corrected chi connectivity index (χ0v) is 12.8. The lowest BCUT2D eigenvalue weighted by Gasteiger charge is -2.28. The van der Waals surface area contributed by atoms with Crippen molar-refractivity contribution in [3.8, 4) is 0 Å². The van der Waals surface area contributed by atoms with Gasteiger partial charge in [0.2, 0.25) is 5.91 Å². The molecule has 0 spiro atoms. The van der Waals surface area contributed by atoms with E-state index in [1.165, 1.54) is 25.0 Å². The summed E-state index contributed by atoms with van der Waals surface area (Å²) in [7, 11) is 1.26. The Bertz CT molecular complexity index is 420. The molecule has 1 rings (SSSR count). The monoisotopic (exact) mass is 297 g/mol. The maximum atomic E-state index is 12.6. The van der Waals surface area contributed by atoms with Crippen LogP contribution in [-0.4, -0.2) is 48.5 Å². The molecular weight excluding hydrogens is 274 g/mol. The summed E-state index contributed by atoms with van der Waals surface area (Å²) in [6.45, 7) is 6.98. The fourth-order valence-electron chi connectivity index (χ4n) is 2.38. The van der Waals surface area contributed by atoms with Gasteiger partial charge in [-0.15, -0.1) is 6.58 Å². The summed E-state index contributed by atoms with van der Waals surface area (Å²) in [5, 5.41) is 0. The van der Waals surface area contributed by atoms with Crippen molar-refractivity contribution in [2.45, 2.75) is 45.4 Å². The summed E-state index contributed by atoms with van der Waals surface area (Å²) in [6.07, 6.45) is 3.23. The number of rotatable bonds is 7. The van der Waals surface area contributed by atoms with E-state index < -0.39 is 30.1 Å². The fourth-order valence-corrected chi connectivity index (χ4v) is 2.38. The Balaban J connectivity index is 3.00. The zero-order chi connectivity index (χ0) is 16.0. The van der Waals surface area contributed by atoms with Crippen LogP contribution in [0.2, 0.25) is 0 Å². The number of nitrogens with zero attached hydrogens (tertiary/aromatic N) is 1. The third kappa shape index (κ3) is 3.91. The topological polar surface area (TPSA) is 72.9 Å². The lowest BCUT2D eigenvalue weighted by molar-refractivity contribution is -0.155. The maximum Gasteiger partial charge on any atom is 0.331 e. The Hall–Kier alpha value is -1.69. The van der Waals surface area contributed by atoms with Gasteiger partial charge < -0.3 is 9.47 Å². The first-order valence-corrected chi connectivity index (χ1v) is 7.12. The Labute approximate surface area is 125 Å². The summed E-state index contributed by atoms with van der Waals surface area (Å²) in [5.74, 6) is -2.25. The third-order valence-electron chi connectivity index (χ3n) is 3.56. The molecule has 6 nitrogen and oxygen atoms in total. The molecule has 1 aliphatic rings. The molecule has 1 amide bonds. The number of hydrogen-bond donors (Lipinski definition) is 0. The number of esters is 1. The van der Waals surface area contributed by atoms with Gasteiger partial charge in [0.15, 0.2) is 6.04 Å². The van der Waals surface area contributed by atoms with Crippen LogP contribution >= 0.6 is 0 Å². The Morgan fingerprint density at radius 2 is 2.14 bits per heavy atom. The molecule has 0 aromatic heterocycles. The molecule has 6 heteroatoms. The molecule has 1 fully saturated rings. The van der Waals surface area contributed by atoms with Gasteiger partial charge in [-0.05, 0) is 19.8 Å². The SMILES string of the molecule is C=CC(C(C)=O)C(=O)N1[C@H](CCCC)OC[C@@H]1C(=O)OC. The van der Waals surface area contributed by atoms with Crippen molar-refractivity contribution >= 4 is 17.7 Å². The molecule has 0 saturated carbocycles. The van der Waals surface area contributed by atoms with Gasteiger partial charge in [-0.2, -0.15) is 0 Å². The standard InChI is InChI=1S/C15H23NO5/c1-5-7-8-13-16(12(9-21-13)15(19)20-4)14(18)11(6-2)10(3)17/h6,11-13H,2,5,7-9H2,1,3-4H3/t11?,12-,13+/m1/s1. The van der Waals surface area contributed by atoms with Crippen LogP contribution in [-0.2, 0) is 23.9 Å². The number of carbonyl (C=O) groups is 3. The van der Waals surface area contributed by atoms with Crippen molar-refractivity contribution in [2.75, 3.05) is 13.7 Å². The molecule has 0 aliphatic carbocycles. The van der Waals surface area contributed by atoms with E-state index in [1.807, 2.05) is 6.92 Å². The van der Waals surface area contributed by atoms with Gasteiger partial charge in [0.1, 0.15) is 17.9 Å². The fraction of sp³-hybridized carbons (Fsp3) is 0.667. The van der Waals surface area contributed by atoms with Crippen molar-refractivity contribution in [1.29, 1.82) is 0 Å². The summed E-state index contributed by atoms with van der Waals surface area (Å²) in [5.41, 5.74) is 0. The Kier molecular flexibility index (Phi) is 6.55. The number of hydrogen-bond acceptors (Lipinski definition) is 5. The van der Waals surface area contributed by atoms with E-state index in [4.69, 9.17) is 9.47 Å². The van der Waals surface area contributed by atoms with Gasteiger partial charge >= 0.3 is 5.97 Å². The largest absolute Gasteiger partial charge is 0.467 e. The molecule has 21 heavy (non-hydrogen) atoms. The van der Waals surface area contributed by atoms with E-state index in [0.29, 0.717) is 6.42 Å². The smallest absolute Gasteiger partial charge is 0.331 e. The average molecular weight is 297 g/mol. The quantitative estimate of drug-likeness (QED) is 0.402. The number of amides is 1. The predicted octanol–water partition coefficient (Wildman–Crippen LogP) is 1.29. The van der Waals surface area contributed by atoms with Crippen LogP contribution < -0.4 is 0 Å². The van der Waals surface area contributed by atoms with Crippen molar-refractivity contribution in [1.82, 2.24) is 4.90 Å². The van der Waals surface area contributed by atoms with Crippen LogP contribution in [0.4, 0.5) is 0 Å². The number of ketones is 1. The van der Waals surface area contributed by atoms with E-state index in [-0.39, 0.29) is 12.4 Å². The molecular formula is C15H23NO5. The van der Waals surface area contributed by atoms with Gasteiger partial charge in [-0.25, -0.2) is 4.79 Å². The van der Waals surface area contributed by atoms with E-state index in [0.717, 1.165) is 12.8 Å².